The number of carbonyl (C=O) groups excluding carboxylic acids is 1. The molecule has 2 aliphatic heterocycles. The van der Waals surface area contributed by atoms with Crippen LogP contribution >= 0.6 is 11.5 Å². The third-order valence-electron chi connectivity index (χ3n) is 5.91. The lowest BCUT2D eigenvalue weighted by molar-refractivity contribution is -0.119. The maximum absolute atomic E-state index is 12.8. The minimum atomic E-state index is 0.292. The average molecular weight is 369 g/mol. The summed E-state index contributed by atoms with van der Waals surface area (Å²) in [5.74, 6) is 2.45. The summed E-state index contributed by atoms with van der Waals surface area (Å²) < 4.78 is 4.52. The van der Waals surface area contributed by atoms with E-state index in [1.807, 2.05) is 11.0 Å². The molecule has 1 aliphatic carbocycles. The van der Waals surface area contributed by atoms with E-state index in [-0.39, 0.29) is 0 Å². The smallest absolute Gasteiger partial charge is 0.227 e. The van der Waals surface area contributed by atoms with Gasteiger partial charge in [0.25, 0.3) is 0 Å². The van der Waals surface area contributed by atoms with E-state index < -0.39 is 0 Å². The standard InChI is InChI=1S/C20H24N4OS/c25-18(24-12-9-15-3-1-2-4-17(15)24)13-14-7-10-23(11-8-14)20-21-19(22-26-20)16-5-6-16/h1-4,14,16H,5-13H2. The van der Waals surface area contributed by atoms with Gasteiger partial charge in [-0.25, -0.2) is 4.98 Å². The molecular weight excluding hydrogens is 344 g/mol. The van der Waals surface area contributed by atoms with Gasteiger partial charge in [0.2, 0.25) is 11.0 Å². The molecule has 2 aromatic rings. The first-order chi connectivity index (χ1) is 12.8. The molecule has 1 aromatic carbocycles. The summed E-state index contributed by atoms with van der Waals surface area (Å²) in [6.45, 7) is 2.83. The first-order valence-corrected chi connectivity index (χ1v) is 10.5. The number of rotatable bonds is 4. The Balaban J connectivity index is 1.16. The zero-order valence-corrected chi connectivity index (χ0v) is 15.7. The van der Waals surface area contributed by atoms with E-state index in [1.54, 1.807) is 11.5 Å². The Hall–Kier alpha value is -1.95. The van der Waals surface area contributed by atoms with Crippen LogP contribution in [0.1, 0.15) is 49.4 Å². The summed E-state index contributed by atoms with van der Waals surface area (Å²) >= 11 is 1.54. The number of para-hydroxylation sites is 1. The van der Waals surface area contributed by atoms with Gasteiger partial charge in [0, 0.05) is 49.2 Å². The lowest BCUT2D eigenvalue weighted by atomic mass is 9.93. The van der Waals surface area contributed by atoms with Crippen molar-refractivity contribution < 1.29 is 4.79 Å². The van der Waals surface area contributed by atoms with E-state index in [1.165, 1.54) is 18.4 Å². The molecule has 5 rings (SSSR count). The van der Waals surface area contributed by atoms with Crippen LogP contribution in [0.25, 0.3) is 0 Å². The molecule has 136 valence electrons. The predicted molar refractivity (Wildman–Crippen MR) is 104 cm³/mol. The second-order valence-corrected chi connectivity index (χ2v) is 8.50. The Bertz CT molecular complexity index is 808. The van der Waals surface area contributed by atoms with Gasteiger partial charge >= 0.3 is 0 Å². The number of piperidine rings is 1. The van der Waals surface area contributed by atoms with Crippen LogP contribution in [0.15, 0.2) is 24.3 Å². The third kappa shape index (κ3) is 3.11. The van der Waals surface area contributed by atoms with Gasteiger partial charge in [0.1, 0.15) is 5.82 Å². The highest BCUT2D eigenvalue weighted by molar-refractivity contribution is 7.09. The number of fused-ring (bicyclic) bond motifs is 1. The van der Waals surface area contributed by atoms with Crippen molar-refractivity contribution in [3.05, 3.63) is 35.7 Å². The molecule has 5 nitrogen and oxygen atoms in total. The highest BCUT2D eigenvalue weighted by atomic mass is 32.1. The van der Waals surface area contributed by atoms with E-state index >= 15 is 0 Å². The Morgan fingerprint density at radius 3 is 2.73 bits per heavy atom. The molecule has 26 heavy (non-hydrogen) atoms. The fourth-order valence-electron chi connectivity index (χ4n) is 4.15. The van der Waals surface area contributed by atoms with Crippen LogP contribution in [0.2, 0.25) is 0 Å². The number of hydrogen-bond donors (Lipinski definition) is 0. The third-order valence-corrected chi connectivity index (χ3v) is 6.70. The molecule has 1 amide bonds. The topological polar surface area (TPSA) is 49.3 Å². The number of benzene rings is 1. The van der Waals surface area contributed by atoms with Crippen molar-refractivity contribution in [2.75, 3.05) is 29.4 Å². The van der Waals surface area contributed by atoms with Crippen molar-refractivity contribution >= 4 is 28.3 Å². The lowest BCUT2D eigenvalue weighted by Gasteiger charge is -2.32. The van der Waals surface area contributed by atoms with Gasteiger partial charge in [-0.2, -0.15) is 4.37 Å². The van der Waals surface area contributed by atoms with Crippen molar-refractivity contribution in [1.29, 1.82) is 0 Å². The second kappa shape index (κ2) is 6.65. The van der Waals surface area contributed by atoms with Gasteiger partial charge in [-0.05, 0) is 49.7 Å². The zero-order valence-electron chi connectivity index (χ0n) is 14.9. The van der Waals surface area contributed by atoms with Crippen molar-refractivity contribution in [3.8, 4) is 0 Å². The molecule has 0 spiro atoms. The SMILES string of the molecule is O=C(CC1CCN(c2nc(C3CC3)ns2)CC1)N1CCc2ccccc21. The van der Waals surface area contributed by atoms with E-state index in [9.17, 15) is 4.79 Å². The maximum Gasteiger partial charge on any atom is 0.227 e. The number of amides is 1. The first-order valence-electron chi connectivity index (χ1n) is 9.75. The van der Waals surface area contributed by atoms with E-state index in [0.29, 0.717) is 24.2 Å². The molecule has 6 heteroatoms. The second-order valence-electron chi connectivity index (χ2n) is 7.77. The van der Waals surface area contributed by atoms with Crippen molar-refractivity contribution in [2.45, 2.75) is 44.4 Å². The predicted octanol–water partition coefficient (Wildman–Crippen LogP) is 3.61. The molecular formula is C20H24N4OS. The Morgan fingerprint density at radius 2 is 1.92 bits per heavy atom. The molecule has 1 aromatic heterocycles. The molecule has 3 heterocycles. The molecule has 1 saturated heterocycles. The van der Waals surface area contributed by atoms with Crippen LogP contribution in [0.5, 0.6) is 0 Å². The van der Waals surface area contributed by atoms with Crippen LogP contribution < -0.4 is 9.80 Å². The fraction of sp³-hybridized carbons (Fsp3) is 0.550. The summed E-state index contributed by atoms with van der Waals surface area (Å²) in [6.07, 6.45) is 6.30. The van der Waals surface area contributed by atoms with Crippen LogP contribution in [0, 0.1) is 5.92 Å². The number of aromatic nitrogens is 2. The molecule has 2 fully saturated rings. The number of hydrogen-bond acceptors (Lipinski definition) is 5. The van der Waals surface area contributed by atoms with Gasteiger partial charge in [-0.3, -0.25) is 4.79 Å². The summed E-state index contributed by atoms with van der Waals surface area (Å²) in [6, 6.07) is 8.31. The van der Waals surface area contributed by atoms with Gasteiger partial charge in [0.15, 0.2) is 0 Å². The number of nitrogens with zero attached hydrogens (tertiary/aromatic N) is 4. The highest BCUT2D eigenvalue weighted by Gasteiger charge is 2.31. The van der Waals surface area contributed by atoms with Gasteiger partial charge < -0.3 is 9.80 Å². The van der Waals surface area contributed by atoms with Crippen LogP contribution in [-0.2, 0) is 11.2 Å². The van der Waals surface area contributed by atoms with Crippen molar-refractivity contribution in [3.63, 3.8) is 0 Å². The van der Waals surface area contributed by atoms with Gasteiger partial charge in [-0.1, -0.05) is 18.2 Å². The molecule has 3 aliphatic rings. The molecule has 0 unspecified atom stereocenters. The van der Waals surface area contributed by atoms with Crippen molar-refractivity contribution in [2.24, 2.45) is 5.92 Å². The molecule has 0 atom stereocenters. The summed E-state index contributed by atoms with van der Waals surface area (Å²) in [7, 11) is 0. The van der Waals surface area contributed by atoms with Crippen molar-refractivity contribution in [1.82, 2.24) is 9.36 Å². The number of anilines is 2. The minimum Gasteiger partial charge on any atom is -0.347 e. The molecule has 0 N–H and O–H groups in total. The maximum atomic E-state index is 12.8. The Kier molecular flexibility index (Phi) is 4.15. The summed E-state index contributed by atoms with van der Waals surface area (Å²) in [4.78, 5) is 21.9. The number of carbonyl (C=O) groups is 1. The van der Waals surface area contributed by atoms with E-state index in [4.69, 9.17) is 4.98 Å². The average Bonchev–Trinajstić information content (AvgIpc) is 3.24. The van der Waals surface area contributed by atoms with Gasteiger partial charge in [-0.15, -0.1) is 0 Å². The van der Waals surface area contributed by atoms with Gasteiger partial charge in [0.05, 0.1) is 0 Å². The van der Waals surface area contributed by atoms with E-state index in [2.05, 4.69) is 27.5 Å². The Labute approximate surface area is 158 Å². The molecule has 0 bridgehead atoms. The largest absolute Gasteiger partial charge is 0.347 e. The quantitative estimate of drug-likeness (QED) is 0.827. The fourth-order valence-corrected chi connectivity index (χ4v) is 4.94. The highest BCUT2D eigenvalue weighted by Crippen LogP contribution is 2.40. The molecule has 0 radical (unpaired) electrons. The summed E-state index contributed by atoms with van der Waals surface area (Å²) in [5.41, 5.74) is 2.43. The monoisotopic (exact) mass is 368 g/mol. The normalized spacial score (nSPS) is 20.5. The summed E-state index contributed by atoms with van der Waals surface area (Å²) in [5, 5.41) is 1.07. The first kappa shape index (κ1) is 16.2. The van der Waals surface area contributed by atoms with Crippen LogP contribution in [0.3, 0.4) is 0 Å². The Morgan fingerprint density at radius 1 is 1.12 bits per heavy atom. The van der Waals surface area contributed by atoms with Crippen LogP contribution in [-0.4, -0.2) is 34.9 Å². The lowest BCUT2D eigenvalue weighted by Crippen LogP contribution is -2.37. The minimum absolute atomic E-state index is 0.292. The zero-order chi connectivity index (χ0) is 17.5. The van der Waals surface area contributed by atoms with E-state index in [0.717, 1.165) is 55.5 Å². The molecule has 1 saturated carbocycles. The van der Waals surface area contributed by atoms with Crippen LogP contribution in [0.4, 0.5) is 10.8 Å².